The van der Waals surface area contributed by atoms with Crippen LogP contribution in [0.4, 0.5) is 0 Å². The monoisotopic (exact) mass is 363 g/mol. The molecule has 7 heteroatoms. The van der Waals surface area contributed by atoms with E-state index in [1.165, 1.54) is 18.4 Å². The number of nitrogens with two attached hydrogens (primary N) is 1. The van der Waals surface area contributed by atoms with Gasteiger partial charge in [0.1, 0.15) is 6.04 Å². The second-order valence-electron chi connectivity index (χ2n) is 2.27. The summed E-state index contributed by atoms with van der Waals surface area (Å²) in [6.45, 7) is 0. The molecule has 0 aliphatic rings. The van der Waals surface area contributed by atoms with Crippen molar-refractivity contribution in [2.75, 3.05) is 7.11 Å². The zero-order valence-electron chi connectivity index (χ0n) is 7.12. The molecule has 0 saturated carbocycles. The quantitative estimate of drug-likeness (QED) is 0.820. The highest BCUT2D eigenvalue weighted by Gasteiger charge is 2.19. The van der Waals surface area contributed by atoms with Gasteiger partial charge in [-0.25, -0.2) is 4.79 Å². The maximum atomic E-state index is 11.1. The van der Waals surface area contributed by atoms with E-state index in [2.05, 4.69) is 36.6 Å². The van der Waals surface area contributed by atoms with Crippen LogP contribution in [0.1, 0.15) is 10.9 Å². The average Bonchev–Trinajstić information content (AvgIpc) is 2.44. The second-order valence-corrected chi connectivity index (χ2v) is 5.53. The summed E-state index contributed by atoms with van der Waals surface area (Å²) in [5.74, 6) is -0.429. The van der Waals surface area contributed by atoms with Crippen LogP contribution in [0, 0.1) is 0 Å². The molecule has 0 aliphatic heterocycles. The van der Waals surface area contributed by atoms with Crippen LogP contribution in [-0.2, 0) is 9.53 Å². The van der Waals surface area contributed by atoms with E-state index < -0.39 is 12.0 Å². The Hall–Kier alpha value is 0.380. The van der Waals surface area contributed by atoms with Gasteiger partial charge >= 0.3 is 5.97 Å². The van der Waals surface area contributed by atoms with Gasteiger partial charge in [-0.1, -0.05) is 0 Å². The van der Waals surface area contributed by atoms with Crippen LogP contribution in [-0.4, -0.2) is 13.1 Å². The molecule has 1 heterocycles. The van der Waals surface area contributed by atoms with Crippen molar-refractivity contribution < 1.29 is 9.53 Å². The molecule has 2 N–H and O–H groups in total. The SMILES string of the molecule is COC(=O)[C@@H](N)c1cc(Br)c(Br)s1.Cl. The third kappa shape index (κ3) is 3.20. The Bertz CT molecular complexity index is 312. The van der Waals surface area contributed by atoms with Gasteiger partial charge in [-0.05, 0) is 37.9 Å². The van der Waals surface area contributed by atoms with Gasteiger partial charge in [0, 0.05) is 9.35 Å². The molecule has 1 aromatic rings. The minimum Gasteiger partial charge on any atom is -0.468 e. The molecule has 1 rings (SSSR count). The maximum absolute atomic E-state index is 11.1. The molecule has 14 heavy (non-hydrogen) atoms. The summed E-state index contributed by atoms with van der Waals surface area (Å²) in [7, 11) is 1.32. The molecule has 1 aromatic heterocycles. The average molecular weight is 365 g/mol. The Kier molecular flexibility index (Phi) is 6.24. The molecule has 3 nitrogen and oxygen atoms in total. The number of hydrogen-bond acceptors (Lipinski definition) is 4. The van der Waals surface area contributed by atoms with Crippen molar-refractivity contribution in [2.24, 2.45) is 5.73 Å². The smallest absolute Gasteiger partial charge is 0.328 e. The number of hydrogen-bond donors (Lipinski definition) is 1. The number of esters is 1. The number of halogens is 3. The Labute approximate surface area is 109 Å². The van der Waals surface area contributed by atoms with Crippen LogP contribution in [0.25, 0.3) is 0 Å². The van der Waals surface area contributed by atoms with Crippen molar-refractivity contribution in [3.8, 4) is 0 Å². The lowest BCUT2D eigenvalue weighted by atomic mass is 10.2. The predicted molar refractivity (Wildman–Crippen MR) is 65.9 cm³/mol. The molecule has 0 amide bonds. The van der Waals surface area contributed by atoms with Crippen LogP contribution in [0.5, 0.6) is 0 Å². The largest absolute Gasteiger partial charge is 0.468 e. The summed E-state index contributed by atoms with van der Waals surface area (Å²) in [5.41, 5.74) is 5.63. The van der Waals surface area contributed by atoms with E-state index in [1.54, 1.807) is 6.07 Å². The highest BCUT2D eigenvalue weighted by molar-refractivity contribution is 9.13. The fraction of sp³-hybridized carbons (Fsp3) is 0.286. The third-order valence-corrected chi connectivity index (χ3v) is 4.77. The van der Waals surface area contributed by atoms with E-state index in [1.807, 2.05) is 0 Å². The molecular formula is C7H8Br2ClNO2S. The van der Waals surface area contributed by atoms with Crippen LogP contribution in [0.2, 0.25) is 0 Å². The first-order chi connectivity index (χ1) is 6.06. The Morgan fingerprint density at radius 3 is 2.57 bits per heavy atom. The zero-order chi connectivity index (χ0) is 10.0. The fourth-order valence-corrected chi connectivity index (χ4v) is 2.84. The van der Waals surface area contributed by atoms with E-state index in [0.717, 1.165) is 13.1 Å². The molecule has 1 atom stereocenters. The van der Waals surface area contributed by atoms with Gasteiger partial charge in [0.15, 0.2) is 0 Å². The van der Waals surface area contributed by atoms with Crippen molar-refractivity contribution in [3.63, 3.8) is 0 Å². The van der Waals surface area contributed by atoms with E-state index in [0.29, 0.717) is 0 Å². The molecule has 0 aromatic carbocycles. The number of thiophene rings is 1. The lowest BCUT2D eigenvalue weighted by Gasteiger charge is -2.05. The van der Waals surface area contributed by atoms with E-state index in [9.17, 15) is 4.79 Å². The highest BCUT2D eigenvalue weighted by atomic mass is 79.9. The van der Waals surface area contributed by atoms with E-state index in [-0.39, 0.29) is 12.4 Å². The van der Waals surface area contributed by atoms with Gasteiger partial charge in [0.05, 0.1) is 10.9 Å². The van der Waals surface area contributed by atoms with Crippen molar-refractivity contribution in [2.45, 2.75) is 6.04 Å². The first kappa shape index (κ1) is 14.4. The Balaban J connectivity index is 0.00000169. The van der Waals surface area contributed by atoms with Crippen LogP contribution >= 0.6 is 55.6 Å². The Morgan fingerprint density at radius 2 is 2.21 bits per heavy atom. The fourth-order valence-electron chi connectivity index (χ4n) is 0.760. The van der Waals surface area contributed by atoms with Crippen molar-refractivity contribution in [1.82, 2.24) is 0 Å². The van der Waals surface area contributed by atoms with Crippen molar-refractivity contribution in [3.05, 3.63) is 19.2 Å². The minimum atomic E-state index is -0.697. The maximum Gasteiger partial charge on any atom is 0.328 e. The first-order valence-corrected chi connectivity index (χ1v) is 5.74. The highest BCUT2D eigenvalue weighted by Crippen LogP contribution is 2.34. The number of ether oxygens (including phenoxy) is 1. The van der Waals surface area contributed by atoms with Crippen LogP contribution in [0.15, 0.2) is 14.3 Å². The summed E-state index contributed by atoms with van der Waals surface area (Å²) in [6.07, 6.45) is 0. The van der Waals surface area contributed by atoms with Gasteiger partial charge < -0.3 is 10.5 Å². The molecule has 0 aliphatic carbocycles. The first-order valence-electron chi connectivity index (χ1n) is 3.34. The molecule has 0 unspecified atom stereocenters. The lowest BCUT2D eigenvalue weighted by Crippen LogP contribution is -2.21. The number of carbonyl (C=O) groups excluding carboxylic acids is 1. The summed E-state index contributed by atoms with van der Waals surface area (Å²) in [4.78, 5) is 11.8. The standard InChI is InChI=1S/C7H7Br2NO2S.ClH/c1-12-7(11)5(10)4-2-3(8)6(9)13-4;/h2,5H,10H2,1H3;1H/t5-;/m0./s1. The predicted octanol–water partition coefficient (Wildman–Crippen LogP) is 2.87. The number of rotatable bonds is 2. The molecule has 0 bridgehead atoms. The lowest BCUT2D eigenvalue weighted by molar-refractivity contribution is -0.142. The van der Waals surface area contributed by atoms with Crippen molar-refractivity contribution >= 4 is 61.6 Å². The topological polar surface area (TPSA) is 52.3 Å². The summed E-state index contributed by atoms with van der Waals surface area (Å²) in [5, 5.41) is 0. The second kappa shape index (κ2) is 6.07. The zero-order valence-corrected chi connectivity index (χ0v) is 11.9. The normalized spacial score (nSPS) is 11.7. The third-order valence-electron chi connectivity index (χ3n) is 1.43. The van der Waals surface area contributed by atoms with Gasteiger partial charge in [0.25, 0.3) is 0 Å². The van der Waals surface area contributed by atoms with E-state index in [4.69, 9.17) is 5.73 Å². The van der Waals surface area contributed by atoms with Crippen molar-refractivity contribution in [1.29, 1.82) is 0 Å². The van der Waals surface area contributed by atoms with Gasteiger partial charge in [-0.3, -0.25) is 0 Å². The Morgan fingerprint density at radius 1 is 1.64 bits per heavy atom. The molecule has 0 spiro atoms. The summed E-state index contributed by atoms with van der Waals surface area (Å²) >= 11 is 8.04. The minimum absolute atomic E-state index is 0. The van der Waals surface area contributed by atoms with E-state index >= 15 is 0 Å². The van der Waals surface area contributed by atoms with Crippen LogP contribution in [0.3, 0.4) is 0 Å². The molecule has 0 radical (unpaired) electrons. The van der Waals surface area contributed by atoms with Crippen LogP contribution < -0.4 is 5.73 Å². The summed E-state index contributed by atoms with van der Waals surface area (Å²) < 4.78 is 6.34. The number of carbonyl (C=O) groups is 1. The molecular weight excluding hydrogens is 357 g/mol. The molecule has 0 saturated heterocycles. The van der Waals surface area contributed by atoms with Gasteiger partial charge in [0.2, 0.25) is 0 Å². The van der Waals surface area contributed by atoms with Gasteiger partial charge in [-0.15, -0.1) is 23.7 Å². The van der Waals surface area contributed by atoms with Gasteiger partial charge in [-0.2, -0.15) is 0 Å². The molecule has 80 valence electrons. The molecule has 0 fully saturated rings. The number of methoxy groups -OCH3 is 1. The summed E-state index contributed by atoms with van der Waals surface area (Å²) in [6, 6.07) is 1.11.